The average molecular weight is 267 g/mol. The molecule has 3 rings (SSSR count). The molecule has 104 valence electrons. The van der Waals surface area contributed by atoms with Crippen molar-refractivity contribution >= 4 is 5.69 Å². The third kappa shape index (κ3) is 3.02. The van der Waals surface area contributed by atoms with Crippen molar-refractivity contribution in [3.05, 3.63) is 65.2 Å². The SMILES string of the molecule is OC(CCNc1ccccc1)c1ccc2c(c1)CCC2. The van der Waals surface area contributed by atoms with E-state index in [0.717, 1.165) is 30.6 Å². The molecule has 0 saturated heterocycles. The van der Waals surface area contributed by atoms with Gasteiger partial charge in [-0.05, 0) is 54.5 Å². The molecule has 2 nitrogen and oxygen atoms in total. The van der Waals surface area contributed by atoms with E-state index in [1.165, 1.54) is 24.0 Å². The molecule has 0 amide bonds. The van der Waals surface area contributed by atoms with Gasteiger partial charge < -0.3 is 10.4 Å². The van der Waals surface area contributed by atoms with Crippen LogP contribution in [0.1, 0.15) is 35.6 Å². The maximum Gasteiger partial charge on any atom is 0.0806 e. The Balaban J connectivity index is 1.55. The molecule has 0 bridgehead atoms. The zero-order valence-corrected chi connectivity index (χ0v) is 11.7. The quantitative estimate of drug-likeness (QED) is 0.865. The Hall–Kier alpha value is -1.80. The van der Waals surface area contributed by atoms with Gasteiger partial charge in [0.05, 0.1) is 6.10 Å². The molecule has 1 aliphatic rings. The minimum Gasteiger partial charge on any atom is -0.388 e. The van der Waals surface area contributed by atoms with Crippen LogP contribution in [0.2, 0.25) is 0 Å². The Labute approximate surface area is 120 Å². The van der Waals surface area contributed by atoms with Crippen LogP contribution in [0.5, 0.6) is 0 Å². The molecule has 0 aliphatic heterocycles. The van der Waals surface area contributed by atoms with E-state index in [1.807, 2.05) is 30.3 Å². The molecule has 1 aliphatic carbocycles. The normalized spacial score (nSPS) is 14.8. The summed E-state index contributed by atoms with van der Waals surface area (Å²) < 4.78 is 0. The fourth-order valence-electron chi connectivity index (χ4n) is 2.87. The van der Waals surface area contributed by atoms with E-state index in [2.05, 4.69) is 23.5 Å². The number of aryl methyl sites for hydroxylation is 2. The summed E-state index contributed by atoms with van der Waals surface area (Å²) in [4.78, 5) is 0. The topological polar surface area (TPSA) is 32.3 Å². The molecule has 0 saturated carbocycles. The highest BCUT2D eigenvalue weighted by Crippen LogP contribution is 2.26. The minimum absolute atomic E-state index is 0.378. The fourth-order valence-corrected chi connectivity index (χ4v) is 2.87. The standard InChI is InChI=1S/C18H21NO/c20-18(11-12-19-17-7-2-1-3-8-17)16-10-9-14-5-4-6-15(14)13-16/h1-3,7-10,13,18-20H,4-6,11-12H2. The molecular formula is C18H21NO. The summed E-state index contributed by atoms with van der Waals surface area (Å²) in [6, 6.07) is 16.6. The number of aliphatic hydroxyl groups is 1. The summed E-state index contributed by atoms with van der Waals surface area (Å²) in [6.45, 7) is 0.780. The monoisotopic (exact) mass is 267 g/mol. The van der Waals surface area contributed by atoms with Gasteiger partial charge in [-0.15, -0.1) is 0 Å². The molecule has 1 atom stereocenters. The Morgan fingerprint density at radius 3 is 2.65 bits per heavy atom. The number of benzene rings is 2. The molecule has 20 heavy (non-hydrogen) atoms. The number of hydrogen-bond acceptors (Lipinski definition) is 2. The molecule has 1 unspecified atom stereocenters. The van der Waals surface area contributed by atoms with Crippen LogP contribution in [0.3, 0.4) is 0 Å². The first-order valence-corrected chi connectivity index (χ1v) is 7.41. The summed E-state index contributed by atoms with van der Waals surface area (Å²) >= 11 is 0. The number of fused-ring (bicyclic) bond motifs is 1. The lowest BCUT2D eigenvalue weighted by Crippen LogP contribution is -2.08. The molecule has 2 heteroatoms. The van der Waals surface area contributed by atoms with Crippen molar-refractivity contribution in [1.29, 1.82) is 0 Å². The second-order valence-corrected chi connectivity index (χ2v) is 5.48. The first-order valence-electron chi connectivity index (χ1n) is 7.41. The maximum absolute atomic E-state index is 10.3. The largest absolute Gasteiger partial charge is 0.388 e. The van der Waals surface area contributed by atoms with Gasteiger partial charge in [0.2, 0.25) is 0 Å². The van der Waals surface area contributed by atoms with E-state index < -0.39 is 0 Å². The van der Waals surface area contributed by atoms with Crippen LogP contribution in [0.4, 0.5) is 5.69 Å². The second-order valence-electron chi connectivity index (χ2n) is 5.48. The predicted octanol–water partition coefficient (Wildman–Crippen LogP) is 3.71. The highest BCUT2D eigenvalue weighted by Gasteiger charge is 2.14. The maximum atomic E-state index is 10.3. The molecule has 2 aromatic carbocycles. The molecule has 2 aromatic rings. The number of anilines is 1. The lowest BCUT2D eigenvalue weighted by atomic mass is 10.0. The zero-order chi connectivity index (χ0) is 13.8. The molecule has 0 fully saturated rings. The van der Waals surface area contributed by atoms with Crippen molar-refractivity contribution in [3.8, 4) is 0 Å². The lowest BCUT2D eigenvalue weighted by molar-refractivity contribution is 0.171. The third-order valence-corrected chi connectivity index (χ3v) is 4.03. The predicted molar refractivity (Wildman–Crippen MR) is 83.0 cm³/mol. The van der Waals surface area contributed by atoms with Gasteiger partial charge in [0, 0.05) is 12.2 Å². The van der Waals surface area contributed by atoms with Crippen LogP contribution < -0.4 is 5.32 Å². The number of para-hydroxylation sites is 1. The van der Waals surface area contributed by atoms with E-state index in [4.69, 9.17) is 0 Å². The van der Waals surface area contributed by atoms with E-state index in [-0.39, 0.29) is 6.10 Å². The second kappa shape index (κ2) is 6.10. The van der Waals surface area contributed by atoms with Crippen molar-refractivity contribution < 1.29 is 5.11 Å². The van der Waals surface area contributed by atoms with Crippen LogP contribution in [0.15, 0.2) is 48.5 Å². The van der Waals surface area contributed by atoms with E-state index >= 15 is 0 Å². The van der Waals surface area contributed by atoms with Crippen LogP contribution in [0, 0.1) is 0 Å². The van der Waals surface area contributed by atoms with Gasteiger partial charge in [0.15, 0.2) is 0 Å². The van der Waals surface area contributed by atoms with E-state index in [9.17, 15) is 5.11 Å². The van der Waals surface area contributed by atoms with Crippen molar-refractivity contribution in [3.63, 3.8) is 0 Å². The van der Waals surface area contributed by atoms with Crippen molar-refractivity contribution in [2.45, 2.75) is 31.8 Å². The molecular weight excluding hydrogens is 246 g/mol. The first-order chi connectivity index (χ1) is 9.83. The van der Waals surface area contributed by atoms with Crippen LogP contribution in [-0.2, 0) is 12.8 Å². The number of aliphatic hydroxyl groups excluding tert-OH is 1. The van der Waals surface area contributed by atoms with Crippen LogP contribution in [0.25, 0.3) is 0 Å². The lowest BCUT2D eigenvalue weighted by Gasteiger charge is -2.13. The average Bonchev–Trinajstić information content (AvgIpc) is 2.95. The molecule has 0 aromatic heterocycles. The molecule has 2 N–H and O–H groups in total. The summed E-state index contributed by atoms with van der Waals surface area (Å²) in [5, 5.41) is 13.6. The summed E-state index contributed by atoms with van der Waals surface area (Å²) in [7, 11) is 0. The number of hydrogen-bond donors (Lipinski definition) is 2. The Morgan fingerprint density at radius 1 is 1.00 bits per heavy atom. The Morgan fingerprint density at radius 2 is 1.80 bits per heavy atom. The fraction of sp³-hybridized carbons (Fsp3) is 0.333. The van der Waals surface area contributed by atoms with Gasteiger partial charge in [-0.3, -0.25) is 0 Å². The minimum atomic E-state index is -0.378. The van der Waals surface area contributed by atoms with Gasteiger partial charge >= 0.3 is 0 Å². The van der Waals surface area contributed by atoms with Crippen LogP contribution in [-0.4, -0.2) is 11.7 Å². The third-order valence-electron chi connectivity index (χ3n) is 4.03. The number of nitrogens with one attached hydrogen (secondary N) is 1. The van der Waals surface area contributed by atoms with Crippen LogP contribution >= 0.6 is 0 Å². The van der Waals surface area contributed by atoms with Gasteiger partial charge in [-0.1, -0.05) is 36.4 Å². The summed E-state index contributed by atoms with van der Waals surface area (Å²) in [6.07, 6.45) is 3.97. The highest BCUT2D eigenvalue weighted by atomic mass is 16.3. The Kier molecular flexibility index (Phi) is 4.03. The Bertz CT molecular complexity index is 565. The van der Waals surface area contributed by atoms with E-state index in [1.54, 1.807) is 0 Å². The van der Waals surface area contributed by atoms with Crippen molar-refractivity contribution in [2.24, 2.45) is 0 Å². The van der Waals surface area contributed by atoms with Crippen molar-refractivity contribution in [2.75, 3.05) is 11.9 Å². The summed E-state index contributed by atoms with van der Waals surface area (Å²) in [5.41, 5.74) is 5.05. The molecule has 0 heterocycles. The molecule has 0 radical (unpaired) electrons. The van der Waals surface area contributed by atoms with Gasteiger partial charge in [-0.25, -0.2) is 0 Å². The highest BCUT2D eigenvalue weighted by molar-refractivity contribution is 5.42. The molecule has 0 spiro atoms. The van der Waals surface area contributed by atoms with Gasteiger partial charge in [0.25, 0.3) is 0 Å². The zero-order valence-electron chi connectivity index (χ0n) is 11.7. The van der Waals surface area contributed by atoms with Crippen molar-refractivity contribution in [1.82, 2.24) is 0 Å². The van der Waals surface area contributed by atoms with E-state index in [0.29, 0.717) is 0 Å². The van der Waals surface area contributed by atoms with Gasteiger partial charge in [0.1, 0.15) is 0 Å². The smallest absolute Gasteiger partial charge is 0.0806 e. The first kappa shape index (κ1) is 13.2. The summed E-state index contributed by atoms with van der Waals surface area (Å²) in [5.74, 6) is 0. The van der Waals surface area contributed by atoms with Gasteiger partial charge in [-0.2, -0.15) is 0 Å². The number of rotatable bonds is 5.